The van der Waals surface area contributed by atoms with E-state index < -0.39 is 6.10 Å². The molecular formula is C6H8N2O2. The van der Waals surface area contributed by atoms with Gasteiger partial charge in [-0.15, -0.1) is 0 Å². The van der Waals surface area contributed by atoms with Crippen molar-refractivity contribution in [2.45, 2.75) is 6.10 Å². The van der Waals surface area contributed by atoms with Crippen LogP contribution in [0.2, 0.25) is 0 Å². The van der Waals surface area contributed by atoms with Crippen molar-refractivity contribution in [3.05, 3.63) is 24.3 Å². The van der Waals surface area contributed by atoms with E-state index >= 15 is 0 Å². The highest BCUT2D eigenvalue weighted by molar-refractivity contribution is 5.05. The maximum absolute atomic E-state index is 9.00. The standard InChI is InChI=1S/C6H8N2O2/c9-3-6(10)5-1-7-4-8-2-5/h1-2,4,6,9-10H,3H2/t6-/m0/s1. The van der Waals surface area contributed by atoms with Gasteiger partial charge >= 0.3 is 0 Å². The van der Waals surface area contributed by atoms with Crippen LogP contribution in [-0.4, -0.2) is 26.8 Å². The summed E-state index contributed by atoms with van der Waals surface area (Å²) in [5.74, 6) is 0. The Labute approximate surface area is 58.2 Å². The summed E-state index contributed by atoms with van der Waals surface area (Å²) < 4.78 is 0. The van der Waals surface area contributed by atoms with Gasteiger partial charge in [0.1, 0.15) is 12.4 Å². The molecule has 10 heavy (non-hydrogen) atoms. The summed E-state index contributed by atoms with van der Waals surface area (Å²) in [6.45, 7) is -0.298. The molecule has 1 atom stereocenters. The molecular weight excluding hydrogens is 132 g/mol. The van der Waals surface area contributed by atoms with E-state index in [1.54, 1.807) is 0 Å². The third-order valence-electron chi connectivity index (χ3n) is 1.14. The van der Waals surface area contributed by atoms with Gasteiger partial charge in [0.05, 0.1) is 6.61 Å². The van der Waals surface area contributed by atoms with Gasteiger partial charge in [-0.1, -0.05) is 0 Å². The Balaban J connectivity index is 2.75. The summed E-state index contributed by atoms with van der Waals surface area (Å²) in [6.07, 6.45) is 3.44. The number of nitrogens with zero attached hydrogens (tertiary/aromatic N) is 2. The monoisotopic (exact) mass is 140 g/mol. The second-order valence-electron chi connectivity index (χ2n) is 1.87. The zero-order chi connectivity index (χ0) is 7.40. The molecule has 4 heteroatoms. The Morgan fingerprint density at radius 3 is 2.50 bits per heavy atom. The summed E-state index contributed by atoms with van der Waals surface area (Å²) in [7, 11) is 0. The number of hydrogen-bond acceptors (Lipinski definition) is 4. The third kappa shape index (κ3) is 1.49. The molecule has 1 heterocycles. The van der Waals surface area contributed by atoms with Crippen molar-refractivity contribution >= 4 is 0 Å². The van der Waals surface area contributed by atoms with Crippen molar-refractivity contribution < 1.29 is 10.2 Å². The average molecular weight is 140 g/mol. The van der Waals surface area contributed by atoms with Crippen LogP contribution in [0, 0.1) is 0 Å². The maximum atomic E-state index is 9.00. The fraction of sp³-hybridized carbons (Fsp3) is 0.333. The highest BCUT2D eigenvalue weighted by Gasteiger charge is 2.03. The average Bonchev–Trinajstić information content (AvgIpc) is 2.05. The van der Waals surface area contributed by atoms with Gasteiger partial charge in [-0.3, -0.25) is 0 Å². The molecule has 0 aliphatic carbocycles. The maximum Gasteiger partial charge on any atom is 0.115 e. The molecule has 0 saturated carbocycles. The number of hydrogen-bond donors (Lipinski definition) is 2. The van der Waals surface area contributed by atoms with Crippen LogP contribution in [0.25, 0.3) is 0 Å². The predicted molar refractivity (Wildman–Crippen MR) is 34.1 cm³/mol. The Kier molecular flexibility index (Phi) is 2.30. The minimum Gasteiger partial charge on any atom is -0.393 e. The molecule has 0 radical (unpaired) electrons. The van der Waals surface area contributed by atoms with Crippen molar-refractivity contribution in [3.63, 3.8) is 0 Å². The molecule has 54 valence electrons. The van der Waals surface area contributed by atoms with E-state index in [4.69, 9.17) is 10.2 Å². The minimum absolute atomic E-state index is 0.298. The summed E-state index contributed by atoms with van der Waals surface area (Å²) >= 11 is 0. The molecule has 0 saturated heterocycles. The fourth-order valence-electron chi connectivity index (χ4n) is 0.588. The van der Waals surface area contributed by atoms with Gasteiger partial charge in [-0.25, -0.2) is 9.97 Å². The van der Waals surface area contributed by atoms with E-state index in [0.717, 1.165) is 0 Å². The predicted octanol–water partition coefficient (Wildman–Crippen LogP) is -0.498. The van der Waals surface area contributed by atoms with Crippen molar-refractivity contribution in [1.29, 1.82) is 0 Å². The molecule has 0 aliphatic rings. The van der Waals surface area contributed by atoms with Crippen LogP contribution in [0.15, 0.2) is 18.7 Å². The molecule has 0 unspecified atom stereocenters. The third-order valence-corrected chi connectivity index (χ3v) is 1.14. The van der Waals surface area contributed by atoms with Gasteiger partial charge in [0.2, 0.25) is 0 Å². The van der Waals surface area contributed by atoms with Crippen LogP contribution in [0.3, 0.4) is 0 Å². The number of aliphatic hydroxyl groups excluding tert-OH is 2. The normalized spacial score (nSPS) is 13.0. The Bertz CT molecular complexity index is 190. The molecule has 1 aromatic rings. The van der Waals surface area contributed by atoms with Crippen LogP contribution >= 0.6 is 0 Å². The van der Waals surface area contributed by atoms with Crippen molar-refractivity contribution in [2.75, 3.05) is 6.61 Å². The molecule has 0 bridgehead atoms. The Morgan fingerprint density at radius 2 is 2.00 bits per heavy atom. The topological polar surface area (TPSA) is 66.2 Å². The summed E-state index contributed by atoms with van der Waals surface area (Å²) in [5.41, 5.74) is 0.532. The Hall–Kier alpha value is -1.00. The SMILES string of the molecule is OC[C@H](O)c1cncnc1. The van der Waals surface area contributed by atoms with Gasteiger partial charge in [0.25, 0.3) is 0 Å². The number of aliphatic hydroxyl groups is 2. The highest BCUT2D eigenvalue weighted by atomic mass is 16.3. The minimum atomic E-state index is -0.860. The van der Waals surface area contributed by atoms with Crippen molar-refractivity contribution in [1.82, 2.24) is 9.97 Å². The summed E-state index contributed by atoms with van der Waals surface area (Å²) in [4.78, 5) is 7.34. The van der Waals surface area contributed by atoms with Crippen LogP contribution in [0.1, 0.15) is 11.7 Å². The van der Waals surface area contributed by atoms with E-state index in [2.05, 4.69) is 9.97 Å². The van der Waals surface area contributed by atoms with Crippen LogP contribution < -0.4 is 0 Å². The molecule has 1 rings (SSSR count). The van der Waals surface area contributed by atoms with Gasteiger partial charge in [-0.05, 0) is 0 Å². The van der Waals surface area contributed by atoms with Crippen LogP contribution in [0.5, 0.6) is 0 Å². The molecule has 2 N–H and O–H groups in total. The van der Waals surface area contributed by atoms with Gasteiger partial charge in [-0.2, -0.15) is 0 Å². The van der Waals surface area contributed by atoms with Gasteiger partial charge in [0, 0.05) is 18.0 Å². The largest absolute Gasteiger partial charge is 0.393 e. The van der Waals surface area contributed by atoms with Crippen molar-refractivity contribution in [3.8, 4) is 0 Å². The first-order chi connectivity index (χ1) is 4.84. The van der Waals surface area contributed by atoms with E-state index in [0.29, 0.717) is 5.56 Å². The Morgan fingerprint density at radius 1 is 1.40 bits per heavy atom. The lowest BCUT2D eigenvalue weighted by Crippen LogP contribution is -2.02. The van der Waals surface area contributed by atoms with E-state index in [-0.39, 0.29) is 6.61 Å². The zero-order valence-electron chi connectivity index (χ0n) is 5.31. The van der Waals surface area contributed by atoms with E-state index in [1.807, 2.05) is 0 Å². The highest BCUT2D eigenvalue weighted by Crippen LogP contribution is 2.06. The molecule has 0 fully saturated rings. The molecule has 0 spiro atoms. The molecule has 0 aliphatic heterocycles. The lowest BCUT2D eigenvalue weighted by atomic mass is 10.2. The smallest absolute Gasteiger partial charge is 0.115 e. The van der Waals surface area contributed by atoms with Gasteiger partial charge in [0.15, 0.2) is 0 Å². The molecule has 0 amide bonds. The number of aromatic nitrogens is 2. The van der Waals surface area contributed by atoms with Crippen LogP contribution in [0.4, 0.5) is 0 Å². The number of rotatable bonds is 2. The molecule has 4 nitrogen and oxygen atoms in total. The molecule has 1 aromatic heterocycles. The summed E-state index contributed by atoms with van der Waals surface area (Å²) in [6, 6.07) is 0. The first kappa shape index (κ1) is 7.11. The summed E-state index contributed by atoms with van der Waals surface area (Å²) in [5, 5.41) is 17.5. The van der Waals surface area contributed by atoms with E-state index in [1.165, 1.54) is 18.7 Å². The van der Waals surface area contributed by atoms with Crippen LogP contribution in [-0.2, 0) is 0 Å². The van der Waals surface area contributed by atoms with Gasteiger partial charge < -0.3 is 10.2 Å². The lowest BCUT2D eigenvalue weighted by Gasteiger charge is -2.03. The second-order valence-corrected chi connectivity index (χ2v) is 1.87. The first-order valence-electron chi connectivity index (χ1n) is 2.88. The lowest BCUT2D eigenvalue weighted by molar-refractivity contribution is 0.0950. The zero-order valence-corrected chi connectivity index (χ0v) is 5.31. The fourth-order valence-corrected chi connectivity index (χ4v) is 0.588. The molecule has 0 aromatic carbocycles. The van der Waals surface area contributed by atoms with Crippen molar-refractivity contribution in [2.24, 2.45) is 0 Å². The van der Waals surface area contributed by atoms with E-state index in [9.17, 15) is 0 Å². The quantitative estimate of drug-likeness (QED) is 0.581. The first-order valence-corrected chi connectivity index (χ1v) is 2.88. The second kappa shape index (κ2) is 3.24.